The van der Waals surface area contributed by atoms with Crippen molar-refractivity contribution in [2.75, 3.05) is 12.4 Å². The molecule has 5 heteroatoms. The summed E-state index contributed by atoms with van der Waals surface area (Å²) in [6, 6.07) is 1.40. The second-order valence-corrected chi connectivity index (χ2v) is 4.56. The van der Waals surface area contributed by atoms with E-state index in [1.165, 1.54) is 0 Å². The number of hydrogen-bond acceptors (Lipinski definition) is 2. The number of hydrogen-bond donors (Lipinski definition) is 1. The Kier molecular flexibility index (Phi) is 4.11. The highest BCUT2D eigenvalue weighted by molar-refractivity contribution is 5.46. The molecule has 100 valence electrons. The van der Waals surface area contributed by atoms with Crippen LogP contribution in [0.1, 0.15) is 25.7 Å². The molecule has 1 aliphatic carbocycles. The van der Waals surface area contributed by atoms with Crippen LogP contribution in [0, 0.1) is 17.5 Å². The fraction of sp³-hybridized carbons (Fsp3) is 0.538. The minimum atomic E-state index is -1.18. The second kappa shape index (κ2) is 5.61. The van der Waals surface area contributed by atoms with Crippen molar-refractivity contribution in [2.45, 2.75) is 37.8 Å². The number of anilines is 1. The number of halogens is 3. The molecular formula is C13H16F3NO. The quantitative estimate of drug-likeness (QED) is 0.839. The van der Waals surface area contributed by atoms with Gasteiger partial charge in [-0.15, -0.1) is 0 Å². The first-order valence-corrected chi connectivity index (χ1v) is 6.05. The largest absolute Gasteiger partial charge is 0.379 e. The zero-order valence-electron chi connectivity index (χ0n) is 10.2. The topological polar surface area (TPSA) is 21.3 Å². The normalized spacial score (nSPS) is 24.0. The molecule has 0 aliphatic heterocycles. The first kappa shape index (κ1) is 13.2. The molecule has 0 aromatic heterocycles. The summed E-state index contributed by atoms with van der Waals surface area (Å²) in [4.78, 5) is 0. The molecular weight excluding hydrogens is 243 g/mol. The van der Waals surface area contributed by atoms with Crippen LogP contribution >= 0.6 is 0 Å². The van der Waals surface area contributed by atoms with Crippen LogP contribution in [0.15, 0.2) is 12.1 Å². The summed E-state index contributed by atoms with van der Waals surface area (Å²) in [5, 5.41) is 2.85. The van der Waals surface area contributed by atoms with Gasteiger partial charge in [-0.05, 0) is 12.8 Å². The summed E-state index contributed by atoms with van der Waals surface area (Å²) < 4.78 is 45.0. The lowest BCUT2D eigenvalue weighted by Crippen LogP contribution is -2.38. The van der Waals surface area contributed by atoms with E-state index < -0.39 is 17.5 Å². The molecule has 1 N–H and O–H groups in total. The molecule has 0 heterocycles. The number of ether oxygens (including phenoxy) is 1. The first-order valence-electron chi connectivity index (χ1n) is 6.05. The van der Waals surface area contributed by atoms with Crippen LogP contribution in [0.5, 0.6) is 0 Å². The molecule has 0 spiro atoms. The number of nitrogens with one attached hydrogen (secondary N) is 1. The molecule has 2 unspecified atom stereocenters. The zero-order valence-corrected chi connectivity index (χ0v) is 10.2. The minimum Gasteiger partial charge on any atom is -0.379 e. The van der Waals surface area contributed by atoms with Gasteiger partial charge in [0.15, 0.2) is 11.6 Å². The van der Waals surface area contributed by atoms with E-state index in [-0.39, 0.29) is 17.8 Å². The summed E-state index contributed by atoms with van der Waals surface area (Å²) in [6.45, 7) is 0. The number of methoxy groups -OCH3 is 1. The van der Waals surface area contributed by atoms with Crippen LogP contribution in [0.4, 0.5) is 18.9 Å². The summed E-state index contributed by atoms with van der Waals surface area (Å²) in [7, 11) is 1.59. The van der Waals surface area contributed by atoms with E-state index in [9.17, 15) is 13.2 Å². The van der Waals surface area contributed by atoms with Gasteiger partial charge in [0.25, 0.3) is 0 Å². The highest BCUT2D eigenvalue weighted by Crippen LogP contribution is 2.26. The molecule has 0 amide bonds. The Morgan fingerprint density at radius 3 is 2.61 bits per heavy atom. The van der Waals surface area contributed by atoms with Crippen LogP contribution in [0.25, 0.3) is 0 Å². The average Bonchev–Trinajstić information content (AvgIpc) is 2.36. The van der Waals surface area contributed by atoms with Crippen molar-refractivity contribution in [2.24, 2.45) is 0 Å². The van der Waals surface area contributed by atoms with Gasteiger partial charge in [-0.1, -0.05) is 12.8 Å². The maximum absolute atomic E-state index is 13.5. The van der Waals surface area contributed by atoms with Gasteiger partial charge in [0.2, 0.25) is 0 Å². The minimum absolute atomic E-state index is 0.0514. The lowest BCUT2D eigenvalue weighted by Gasteiger charge is -2.31. The highest BCUT2D eigenvalue weighted by Gasteiger charge is 2.26. The van der Waals surface area contributed by atoms with E-state index >= 15 is 0 Å². The molecule has 1 aliphatic rings. The predicted octanol–water partition coefficient (Wildman–Crippen LogP) is 3.47. The third-order valence-electron chi connectivity index (χ3n) is 3.34. The number of benzene rings is 1. The molecule has 1 aromatic rings. The monoisotopic (exact) mass is 259 g/mol. The SMILES string of the molecule is COC1CCCCC1Nc1cc(F)cc(F)c1F. The molecule has 1 saturated carbocycles. The third-order valence-corrected chi connectivity index (χ3v) is 3.34. The van der Waals surface area contributed by atoms with E-state index in [0.717, 1.165) is 31.7 Å². The summed E-state index contributed by atoms with van der Waals surface area (Å²) in [5.41, 5.74) is -0.138. The Labute approximate surface area is 104 Å². The van der Waals surface area contributed by atoms with Crippen molar-refractivity contribution >= 4 is 5.69 Å². The fourth-order valence-corrected chi connectivity index (χ4v) is 2.40. The lowest BCUT2D eigenvalue weighted by molar-refractivity contribution is 0.0605. The van der Waals surface area contributed by atoms with E-state index in [0.29, 0.717) is 6.07 Å². The Morgan fingerprint density at radius 1 is 1.17 bits per heavy atom. The Balaban J connectivity index is 2.17. The lowest BCUT2D eigenvalue weighted by atomic mass is 9.92. The highest BCUT2D eigenvalue weighted by atomic mass is 19.2. The van der Waals surface area contributed by atoms with Crippen LogP contribution in [-0.4, -0.2) is 19.3 Å². The van der Waals surface area contributed by atoms with Gasteiger partial charge < -0.3 is 10.1 Å². The van der Waals surface area contributed by atoms with E-state index in [4.69, 9.17) is 4.74 Å². The van der Waals surface area contributed by atoms with Crippen molar-refractivity contribution in [1.29, 1.82) is 0 Å². The van der Waals surface area contributed by atoms with Gasteiger partial charge in [-0.3, -0.25) is 0 Å². The predicted molar refractivity (Wildman–Crippen MR) is 63.0 cm³/mol. The van der Waals surface area contributed by atoms with Crippen molar-refractivity contribution < 1.29 is 17.9 Å². The molecule has 2 nitrogen and oxygen atoms in total. The molecule has 18 heavy (non-hydrogen) atoms. The third kappa shape index (κ3) is 2.77. The van der Waals surface area contributed by atoms with Gasteiger partial charge in [0.05, 0.1) is 17.8 Å². The summed E-state index contributed by atoms with van der Waals surface area (Å²) in [5.74, 6) is -3.01. The standard InChI is InChI=1S/C13H16F3NO/c1-18-12-5-3-2-4-10(12)17-11-7-8(14)6-9(15)13(11)16/h6-7,10,12,17H,2-5H2,1H3. The molecule has 0 radical (unpaired) electrons. The van der Waals surface area contributed by atoms with E-state index in [2.05, 4.69) is 5.32 Å². The van der Waals surface area contributed by atoms with Gasteiger partial charge in [-0.25, -0.2) is 13.2 Å². The molecule has 1 aromatic carbocycles. The van der Waals surface area contributed by atoms with Crippen LogP contribution in [-0.2, 0) is 4.74 Å². The van der Waals surface area contributed by atoms with Gasteiger partial charge >= 0.3 is 0 Å². The maximum Gasteiger partial charge on any atom is 0.182 e. The zero-order chi connectivity index (χ0) is 13.1. The average molecular weight is 259 g/mol. The number of rotatable bonds is 3. The Bertz CT molecular complexity index is 425. The van der Waals surface area contributed by atoms with Crippen LogP contribution < -0.4 is 5.32 Å². The first-order chi connectivity index (χ1) is 8.61. The Morgan fingerprint density at radius 2 is 1.89 bits per heavy atom. The van der Waals surface area contributed by atoms with Gasteiger partial charge in [0, 0.05) is 19.2 Å². The molecule has 0 saturated heterocycles. The molecule has 1 fully saturated rings. The fourth-order valence-electron chi connectivity index (χ4n) is 2.40. The maximum atomic E-state index is 13.5. The van der Waals surface area contributed by atoms with E-state index in [1.807, 2.05) is 0 Å². The summed E-state index contributed by atoms with van der Waals surface area (Å²) in [6.07, 6.45) is 3.67. The van der Waals surface area contributed by atoms with Crippen molar-refractivity contribution in [1.82, 2.24) is 0 Å². The second-order valence-electron chi connectivity index (χ2n) is 4.56. The molecule has 0 bridgehead atoms. The van der Waals surface area contributed by atoms with Crippen LogP contribution in [0.2, 0.25) is 0 Å². The van der Waals surface area contributed by atoms with Crippen molar-refractivity contribution in [3.8, 4) is 0 Å². The van der Waals surface area contributed by atoms with Crippen molar-refractivity contribution in [3.05, 3.63) is 29.6 Å². The Hall–Kier alpha value is -1.23. The van der Waals surface area contributed by atoms with Gasteiger partial charge in [0.1, 0.15) is 5.82 Å². The van der Waals surface area contributed by atoms with Crippen LogP contribution in [0.3, 0.4) is 0 Å². The van der Waals surface area contributed by atoms with E-state index in [1.54, 1.807) is 7.11 Å². The summed E-state index contributed by atoms with van der Waals surface area (Å²) >= 11 is 0. The van der Waals surface area contributed by atoms with Gasteiger partial charge in [-0.2, -0.15) is 0 Å². The molecule has 2 atom stereocenters. The smallest absolute Gasteiger partial charge is 0.182 e. The van der Waals surface area contributed by atoms with Crippen molar-refractivity contribution in [3.63, 3.8) is 0 Å². The molecule has 2 rings (SSSR count).